The molecule has 0 spiro atoms. The van der Waals surface area contributed by atoms with E-state index in [1.165, 1.54) is 0 Å². The number of amides is 1. The third-order valence-electron chi connectivity index (χ3n) is 4.21. The van der Waals surface area contributed by atoms with E-state index in [2.05, 4.69) is 26.9 Å². The van der Waals surface area contributed by atoms with Gasteiger partial charge in [-0.1, -0.05) is 45.0 Å². The van der Waals surface area contributed by atoms with Crippen LogP contribution in [0.5, 0.6) is 0 Å². The Morgan fingerprint density at radius 1 is 1.20 bits per heavy atom. The van der Waals surface area contributed by atoms with E-state index in [-0.39, 0.29) is 5.91 Å². The summed E-state index contributed by atoms with van der Waals surface area (Å²) in [6.07, 6.45) is 1.82. The van der Waals surface area contributed by atoms with Gasteiger partial charge in [-0.05, 0) is 30.2 Å². The quantitative estimate of drug-likeness (QED) is 0.658. The maximum absolute atomic E-state index is 12.3. The van der Waals surface area contributed by atoms with Crippen molar-refractivity contribution >= 4 is 28.2 Å². The Morgan fingerprint density at radius 3 is 2.76 bits per heavy atom. The van der Waals surface area contributed by atoms with E-state index >= 15 is 0 Å². The molecule has 0 aliphatic carbocycles. The molecule has 3 rings (SSSR count). The Balaban J connectivity index is 1.76. The molecule has 5 heteroatoms. The standard InChI is InChI=1S/C20H24N4O/c1-13-8-9-16(10-17(13)23-19(25)20(2,3)4)21-11-14-6-5-7-15-12-22-24-18(14)15/h5-10,12,21H,11H2,1-4H3,(H,22,24)(H,23,25). The minimum atomic E-state index is -0.424. The van der Waals surface area contributed by atoms with Crippen molar-refractivity contribution in [3.63, 3.8) is 0 Å². The van der Waals surface area contributed by atoms with Crippen LogP contribution in [0.4, 0.5) is 11.4 Å². The molecule has 0 bridgehead atoms. The van der Waals surface area contributed by atoms with Gasteiger partial charge < -0.3 is 10.6 Å². The SMILES string of the molecule is Cc1ccc(NCc2cccc3cn[nH]c23)cc1NC(=O)C(C)(C)C. The largest absolute Gasteiger partial charge is 0.381 e. The summed E-state index contributed by atoms with van der Waals surface area (Å²) in [6.45, 7) is 8.39. The first kappa shape index (κ1) is 17.0. The molecule has 0 saturated carbocycles. The molecule has 130 valence electrons. The summed E-state index contributed by atoms with van der Waals surface area (Å²) < 4.78 is 0. The third-order valence-corrected chi connectivity index (χ3v) is 4.21. The number of aryl methyl sites for hydroxylation is 1. The average molecular weight is 336 g/mol. The predicted octanol–water partition coefficient (Wildman–Crippen LogP) is 4.47. The van der Waals surface area contributed by atoms with Gasteiger partial charge in [-0.25, -0.2) is 0 Å². The number of hydrogen-bond acceptors (Lipinski definition) is 3. The van der Waals surface area contributed by atoms with Crippen LogP contribution in [0.2, 0.25) is 0 Å². The van der Waals surface area contributed by atoms with Crippen LogP contribution in [-0.2, 0) is 11.3 Å². The Morgan fingerprint density at radius 2 is 2.00 bits per heavy atom. The minimum Gasteiger partial charge on any atom is -0.381 e. The number of rotatable bonds is 4. The molecule has 0 saturated heterocycles. The molecular weight excluding hydrogens is 312 g/mol. The zero-order chi connectivity index (χ0) is 18.0. The van der Waals surface area contributed by atoms with Crippen molar-refractivity contribution in [2.75, 3.05) is 10.6 Å². The zero-order valence-corrected chi connectivity index (χ0v) is 15.1. The van der Waals surface area contributed by atoms with Crippen LogP contribution in [0, 0.1) is 12.3 Å². The second kappa shape index (κ2) is 6.59. The van der Waals surface area contributed by atoms with E-state index in [1.807, 2.05) is 64.2 Å². The fourth-order valence-corrected chi connectivity index (χ4v) is 2.55. The van der Waals surface area contributed by atoms with E-state index in [1.54, 1.807) is 0 Å². The number of hydrogen-bond donors (Lipinski definition) is 3. The van der Waals surface area contributed by atoms with Gasteiger partial charge in [0.1, 0.15) is 0 Å². The van der Waals surface area contributed by atoms with Gasteiger partial charge in [0.15, 0.2) is 0 Å². The average Bonchev–Trinajstić information content (AvgIpc) is 3.03. The lowest BCUT2D eigenvalue weighted by molar-refractivity contribution is -0.123. The molecule has 25 heavy (non-hydrogen) atoms. The van der Waals surface area contributed by atoms with Gasteiger partial charge in [0.25, 0.3) is 0 Å². The highest BCUT2D eigenvalue weighted by atomic mass is 16.2. The summed E-state index contributed by atoms with van der Waals surface area (Å²) in [4.78, 5) is 12.3. The maximum atomic E-state index is 12.3. The molecule has 1 aromatic heterocycles. The van der Waals surface area contributed by atoms with E-state index in [0.29, 0.717) is 6.54 Å². The van der Waals surface area contributed by atoms with E-state index in [4.69, 9.17) is 0 Å². The second-order valence-corrected chi connectivity index (χ2v) is 7.34. The van der Waals surface area contributed by atoms with Crippen molar-refractivity contribution < 1.29 is 4.79 Å². The number of para-hydroxylation sites is 1. The van der Waals surface area contributed by atoms with Gasteiger partial charge in [0, 0.05) is 28.7 Å². The third kappa shape index (κ3) is 3.82. The van der Waals surface area contributed by atoms with Crippen molar-refractivity contribution in [1.29, 1.82) is 0 Å². The molecule has 0 fully saturated rings. The summed E-state index contributed by atoms with van der Waals surface area (Å²) in [6, 6.07) is 12.1. The second-order valence-electron chi connectivity index (χ2n) is 7.34. The number of aromatic nitrogens is 2. The first-order valence-electron chi connectivity index (χ1n) is 8.41. The topological polar surface area (TPSA) is 69.8 Å². The molecule has 1 amide bonds. The Hall–Kier alpha value is -2.82. The number of benzene rings is 2. The van der Waals surface area contributed by atoms with Crippen LogP contribution in [0.25, 0.3) is 10.9 Å². The van der Waals surface area contributed by atoms with Gasteiger partial charge in [-0.2, -0.15) is 5.10 Å². The summed E-state index contributed by atoms with van der Waals surface area (Å²) in [7, 11) is 0. The van der Waals surface area contributed by atoms with Crippen molar-refractivity contribution in [2.24, 2.45) is 5.41 Å². The highest BCUT2D eigenvalue weighted by molar-refractivity contribution is 5.95. The molecule has 0 aliphatic heterocycles. The highest BCUT2D eigenvalue weighted by Crippen LogP contribution is 2.24. The van der Waals surface area contributed by atoms with Crippen LogP contribution < -0.4 is 10.6 Å². The monoisotopic (exact) mass is 336 g/mol. The molecule has 0 atom stereocenters. The molecule has 3 N–H and O–H groups in total. The Labute approximate surface area is 147 Å². The first-order chi connectivity index (χ1) is 11.8. The van der Waals surface area contributed by atoms with Gasteiger partial charge >= 0.3 is 0 Å². The lowest BCUT2D eigenvalue weighted by atomic mass is 9.95. The predicted molar refractivity (Wildman–Crippen MR) is 103 cm³/mol. The summed E-state index contributed by atoms with van der Waals surface area (Å²) in [5, 5.41) is 14.7. The fourth-order valence-electron chi connectivity index (χ4n) is 2.55. The number of carbonyl (C=O) groups is 1. The van der Waals surface area contributed by atoms with E-state index < -0.39 is 5.41 Å². The summed E-state index contributed by atoms with van der Waals surface area (Å²) >= 11 is 0. The number of nitrogens with one attached hydrogen (secondary N) is 3. The molecule has 3 aromatic rings. The van der Waals surface area contributed by atoms with Crippen LogP contribution in [0.3, 0.4) is 0 Å². The molecule has 0 radical (unpaired) electrons. The van der Waals surface area contributed by atoms with Gasteiger partial charge in [-0.15, -0.1) is 0 Å². The van der Waals surface area contributed by atoms with Crippen molar-refractivity contribution in [1.82, 2.24) is 10.2 Å². The lowest BCUT2D eigenvalue weighted by Gasteiger charge is -2.19. The van der Waals surface area contributed by atoms with E-state index in [9.17, 15) is 4.79 Å². The highest BCUT2D eigenvalue weighted by Gasteiger charge is 2.21. The van der Waals surface area contributed by atoms with Crippen molar-refractivity contribution in [2.45, 2.75) is 34.2 Å². The lowest BCUT2D eigenvalue weighted by Crippen LogP contribution is -2.27. The summed E-state index contributed by atoms with van der Waals surface area (Å²) in [5.74, 6) is 0.00924. The van der Waals surface area contributed by atoms with Gasteiger partial charge in [0.05, 0.1) is 11.7 Å². The summed E-state index contributed by atoms with van der Waals surface area (Å²) in [5.41, 5.74) is 4.61. The molecule has 0 aliphatic rings. The Kier molecular flexibility index (Phi) is 4.49. The van der Waals surface area contributed by atoms with Crippen LogP contribution in [0.1, 0.15) is 31.9 Å². The number of fused-ring (bicyclic) bond motifs is 1. The normalized spacial score (nSPS) is 11.5. The van der Waals surface area contributed by atoms with Crippen molar-refractivity contribution in [3.8, 4) is 0 Å². The molecule has 0 unspecified atom stereocenters. The van der Waals surface area contributed by atoms with E-state index in [0.717, 1.165) is 33.4 Å². The number of nitrogens with zero attached hydrogens (tertiary/aromatic N) is 1. The first-order valence-corrected chi connectivity index (χ1v) is 8.41. The Bertz CT molecular complexity index is 905. The molecular formula is C20H24N4O. The van der Waals surface area contributed by atoms with Gasteiger partial charge in [0.2, 0.25) is 5.91 Å². The van der Waals surface area contributed by atoms with Crippen LogP contribution in [-0.4, -0.2) is 16.1 Å². The number of carbonyl (C=O) groups excluding carboxylic acids is 1. The molecule has 5 nitrogen and oxygen atoms in total. The van der Waals surface area contributed by atoms with Gasteiger partial charge in [-0.3, -0.25) is 9.89 Å². The van der Waals surface area contributed by atoms with Crippen LogP contribution >= 0.6 is 0 Å². The number of anilines is 2. The number of H-pyrrole nitrogens is 1. The minimum absolute atomic E-state index is 0.00924. The zero-order valence-electron chi connectivity index (χ0n) is 15.1. The van der Waals surface area contributed by atoms with Crippen molar-refractivity contribution in [3.05, 3.63) is 53.7 Å². The molecule has 2 aromatic carbocycles. The fraction of sp³-hybridized carbons (Fsp3) is 0.300. The number of aromatic amines is 1. The molecule has 1 heterocycles. The smallest absolute Gasteiger partial charge is 0.229 e. The maximum Gasteiger partial charge on any atom is 0.229 e. The van der Waals surface area contributed by atoms with Crippen LogP contribution in [0.15, 0.2) is 42.6 Å².